The Morgan fingerprint density at radius 1 is 1.50 bits per heavy atom. The smallest absolute Gasteiger partial charge is 0.242 e. The number of thiazole rings is 1. The molecule has 104 valence electrons. The highest BCUT2D eigenvalue weighted by Crippen LogP contribution is 2.33. The second-order valence-corrected chi connectivity index (χ2v) is 6.25. The van der Waals surface area contributed by atoms with Gasteiger partial charge in [0.05, 0.1) is 0 Å². The minimum Gasteiger partial charge on any atom is -0.339 e. The van der Waals surface area contributed by atoms with Crippen LogP contribution >= 0.6 is 22.9 Å². The lowest BCUT2D eigenvalue weighted by molar-refractivity contribution is -0.115. The summed E-state index contributed by atoms with van der Waals surface area (Å²) in [6.45, 7) is 3.25. The van der Waals surface area contributed by atoms with E-state index in [0.29, 0.717) is 0 Å². The molecule has 6 heteroatoms. The first kappa shape index (κ1) is 13.4. The van der Waals surface area contributed by atoms with Crippen molar-refractivity contribution >= 4 is 39.7 Å². The predicted molar refractivity (Wildman–Crippen MR) is 82.4 cm³/mol. The first-order valence-corrected chi connectivity index (χ1v) is 7.67. The number of halogens is 1. The number of aromatic nitrogens is 1. The molecule has 0 fully saturated rings. The van der Waals surface area contributed by atoms with Crippen LogP contribution in [0, 0.1) is 0 Å². The largest absolute Gasteiger partial charge is 0.339 e. The molecule has 2 aromatic rings. The monoisotopic (exact) mass is 307 g/mol. The summed E-state index contributed by atoms with van der Waals surface area (Å²) in [5.74, 6) is -0.173. The fourth-order valence-electron chi connectivity index (χ4n) is 2.28. The van der Waals surface area contributed by atoms with Crippen LogP contribution in [-0.2, 0) is 17.9 Å². The molecule has 1 aliphatic rings. The maximum absolute atomic E-state index is 11.8. The van der Waals surface area contributed by atoms with Crippen LogP contribution in [0.3, 0.4) is 0 Å². The van der Waals surface area contributed by atoms with Gasteiger partial charge in [-0.3, -0.25) is 4.79 Å². The number of nitrogens with zero attached hydrogens (tertiary/aromatic N) is 2. The van der Waals surface area contributed by atoms with Crippen LogP contribution < -0.4 is 10.2 Å². The Labute approximate surface area is 126 Å². The van der Waals surface area contributed by atoms with E-state index in [1.807, 2.05) is 17.5 Å². The number of nitrogens with one attached hydrogen (secondary N) is 1. The second-order valence-electron chi connectivity index (χ2n) is 4.72. The molecular formula is C14H14ClN3OS. The summed E-state index contributed by atoms with van der Waals surface area (Å²) >= 11 is 7.43. The predicted octanol–water partition coefficient (Wildman–Crippen LogP) is 3.23. The molecule has 0 bridgehead atoms. The van der Waals surface area contributed by atoms with Crippen LogP contribution in [0.5, 0.6) is 0 Å². The Balaban J connectivity index is 1.84. The van der Waals surface area contributed by atoms with Crippen molar-refractivity contribution in [2.24, 2.45) is 0 Å². The van der Waals surface area contributed by atoms with Gasteiger partial charge in [-0.25, -0.2) is 4.98 Å². The number of amides is 1. The van der Waals surface area contributed by atoms with E-state index in [2.05, 4.69) is 21.3 Å². The number of carbonyl (C=O) groups is 1. The first-order chi connectivity index (χ1) is 9.65. The van der Waals surface area contributed by atoms with Crippen molar-refractivity contribution < 1.29 is 4.79 Å². The average Bonchev–Trinajstić information content (AvgIpc) is 3.07. The van der Waals surface area contributed by atoms with E-state index in [1.165, 1.54) is 5.56 Å². The van der Waals surface area contributed by atoms with Crippen molar-refractivity contribution in [3.63, 3.8) is 0 Å². The summed E-state index contributed by atoms with van der Waals surface area (Å²) in [6, 6.07) is 5.96. The van der Waals surface area contributed by atoms with Gasteiger partial charge in [0.15, 0.2) is 5.13 Å². The molecule has 4 nitrogen and oxygen atoms in total. The average molecular weight is 308 g/mol. The Hall–Kier alpha value is -1.59. The van der Waals surface area contributed by atoms with E-state index in [9.17, 15) is 4.79 Å². The third kappa shape index (κ3) is 2.51. The lowest BCUT2D eigenvalue weighted by Gasteiger charge is -2.13. The van der Waals surface area contributed by atoms with Gasteiger partial charge < -0.3 is 10.2 Å². The zero-order valence-electron chi connectivity index (χ0n) is 11.0. The van der Waals surface area contributed by atoms with Crippen molar-refractivity contribution in [3.05, 3.63) is 40.9 Å². The SMILES string of the molecule is CC(Cl)C(=O)Nc1cccc2c1CN(c1nccs1)C2. The van der Waals surface area contributed by atoms with E-state index in [4.69, 9.17) is 11.6 Å². The molecule has 0 radical (unpaired) electrons. The molecular weight excluding hydrogens is 294 g/mol. The van der Waals surface area contributed by atoms with Gasteiger partial charge in [0.2, 0.25) is 5.91 Å². The highest BCUT2D eigenvalue weighted by molar-refractivity contribution is 7.13. The molecule has 0 aliphatic carbocycles. The second kappa shape index (κ2) is 5.42. The van der Waals surface area contributed by atoms with E-state index >= 15 is 0 Å². The maximum Gasteiger partial charge on any atom is 0.242 e. The number of fused-ring (bicyclic) bond motifs is 1. The molecule has 3 rings (SSSR count). The molecule has 2 heterocycles. The lowest BCUT2D eigenvalue weighted by atomic mass is 10.1. The van der Waals surface area contributed by atoms with Crippen molar-refractivity contribution in [1.29, 1.82) is 0 Å². The van der Waals surface area contributed by atoms with Gasteiger partial charge >= 0.3 is 0 Å². The van der Waals surface area contributed by atoms with Gasteiger partial charge in [-0.1, -0.05) is 12.1 Å². The molecule has 1 aromatic carbocycles. The summed E-state index contributed by atoms with van der Waals surface area (Å²) in [6.07, 6.45) is 1.81. The molecule has 1 aliphatic heterocycles. The number of hydrogen-bond acceptors (Lipinski definition) is 4. The number of rotatable bonds is 3. The summed E-state index contributed by atoms with van der Waals surface area (Å²) in [5, 5.41) is 5.33. The number of hydrogen-bond donors (Lipinski definition) is 1. The number of alkyl halides is 1. The van der Waals surface area contributed by atoms with Crippen LogP contribution in [-0.4, -0.2) is 16.3 Å². The maximum atomic E-state index is 11.8. The molecule has 1 N–H and O–H groups in total. The summed E-state index contributed by atoms with van der Waals surface area (Å²) in [4.78, 5) is 18.3. The molecule has 1 amide bonds. The van der Waals surface area contributed by atoms with Crippen LogP contribution in [0.25, 0.3) is 0 Å². The highest BCUT2D eigenvalue weighted by atomic mass is 35.5. The summed E-state index contributed by atoms with van der Waals surface area (Å²) < 4.78 is 0. The Bertz CT molecular complexity index is 627. The van der Waals surface area contributed by atoms with Gasteiger partial charge in [0.1, 0.15) is 5.38 Å². The zero-order valence-corrected chi connectivity index (χ0v) is 12.5. The Morgan fingerprint density at radius 2 is 2.35 bits per heavy atom. The molecule has 0 spiro atoms. The number of benzene rings is 1. The van der Waals surface area contributed by atoms with E-state index in [0.717, 1.165) is 29.5 Å². The molecule has 20 heavy (non-hydrogen) atoms. The van der Waals surface area contributed by atoms with Gasteiger partial charge in [-0.2, -0.15) is 0 Å². The van der Waals surface area contributed by atoms with Gasteiger partial charge in [-0.15, -0.1) is 22.9 Å². The minimum atomic E-state index is -0.540. The summed E-state index contributed by atoms with van der Waals surface area (Å²) in [7, 11) is 0. The van der Waals surface area contributed by atoms with Crippen LogP contribution in [0.1, 0.15) is 18.1 Å². The zero-order chi connectivity index (χ0) is 14.1. The standard InChI is InChI=1S/C14H14ClN3OS/c1-9(15)13(19)17-12-4-2-3-10-7-18(8-11(10)12)14-16-5-6-20-14/h2-6,9H,7-8H2,1H3,(H,17,19). The molecule has 1 atom stereocenters. The van der Waals surface area contributed by atoms with Crippen molar-refractivity contribution in [1.82, 2.24) is 4.98 Å². The normalized spacial score (nSPS) is 15.0. The molecule has 1 unspecified atom stereocenters. The van der Waals surface area contributed by atoms with Crippen LogP contribution in [0.15, 0.2) is 29.8 Å². The highest BCUT2D eigenvalue weighted by Gasteiger charge is 2.24. The van der Waals surface area contributed by atoms with Crippen molar-refractivity contribution in [2.45, 2.75) is 25.4 Å². The van der Waals surface area contributed by atoms with Gasteiger partial charge in [0, 0.05) is 35.9 Å². The minimum absolute atomic E-state index is 0.173. The molecule has 0 saturated heterocycles. The third-order valence-electron chi connectivity index (χ3n) is 3.29. The van der Waals surface area contributed by atoms with Crippen molar-refractivity contribution in [2.75, 3.05) is 10.2 Å². The molecule has 0 saturated carbocycles. The van der Waals surface area contributed by atoms with E-state index < -0.39 is 5.38 Å². The van der Waals surface area contributed by atoms with Crippen LogP contribution in [0.2, 0.25) is 0 Å². The summed E-state index contributed by atoms with van der Waals surface area (Å²) in [5.41, 5.74) is 3.22. The van der Waals surface area contributed by atoms with Crippen LogP contribution in [0.4, 0.5) is 10.8 Å². The Morgan fingerprint density at radius 3 is 3.05 bits per heavy atom. The van der Waals surface area contributed by atoms with E-state index in [-0.39, 0.29) is 5.91 Å². The van der Waals surface area contributed by atoms with E-state index in [1.54, 1.807) is 24.5 Å². The molecule has 1 aromatic heterocycles. The quantitative estimate of drug-likeness (QED) is 0.886. The van der Waals surface area contributed by atoms with Crippen molar-refractivity contribution in [3.8, 4) is 0 Å². The Kier molecular flexibility index (Phi) is 3.63. The number of carbonyl (C=O) groups excluding carboxylic acids is 1. The lowest BCUT2D eigenvalue weighted by Crippen LogP contribution is -2.21. The van der Waals surface area contributed by atoms with Gasteiger partial charge in [-0.05, 0) is 18.6 Å². The first-order valence-electron chi connectivity index (χ1n) is 6.35. The fraction of sp³-hybridized carbons (Fsp3) is 0.286. The fourth-order valence-corrected chi connectivity index (χ4v) is 2.98. The third-order valence-corrected chi connectivity index (χ3v) is 4.32. The topological polar surface area (TPSA) is 45.2 Å². The van der Waals surface area contributed by atoms with Gasteiger partial charge in [0.25, 0.3) is 0 Å². The number of anilines is 2.